The third-order valence-electron chi connectivity index (χ3n) is 3.95. The molecule has 2 aromatic rings. The zero-order valence-corrected chi connectivity index (χ0v) is 13.5. The number of aryl methyl sites for hydroxylation is 1. The number of benzene rings is 2. The van der Waals surface area contributed by atoms with Gasteiger partial charge in [-0.3, -0.25) is 9.69 Å². The fourth-order valence-corrected chi connectivity index (χ4v) is 2.68. The zero-order valence-electron chi connectivity index (χ0n) is 13.5. The van der Waals surface area contributed by atoms with Gasteiger partial charge >= 0.3 is 0 Å². The molecule has 1 fully saturated rings. The van der Waals surface area contributed by atoms with Crippen LogP contribution in [0.5, 0.6) is 0 Å². The van der Waals surface area contributed by atoms with Crippen LogP contribution in [0, 0.1) is 6.92 Å². The van der Waals surface area contributed by atoms with E-state index in [1.807, 2.05) is 0 Å². The maximum atomic E-state index is 8.36. The topological polar surface area (TPSA) is 52.6 Å². The number of carboxylic acid groups (broad SMARTS) is 1. The third kappa shape index (κ3) is 5.51. The standard InChI is InChI=1S/C18H22N2.CH2O2/c1-15-2-6-17(7-3-15)18-8-4-16(5-9-18)14-20-12-10-19-11-13-20;2-1-3/h2-9,19H,10-14H2,1H3;1H,(H,2,3). The largest absolute Gasteiger partial charge is 0.483 e. The van der Waals surface area contributed by atoms with Crippen molar-refractivity contribution in [2.45, 2.75) is 13.5 Å². The van der Waals surface area contributed by atoms with Crippen molar-refractivity contribution in [1.29, 1.82) is 0 Å². The lowest BCUT2D eigenvalue weighted by Gasteiger charge is -2.27. The minimum Gasteiger partial charge on any atom is -0.483 e. The van der Waals surface area contributed by atoms with Gasteiger partial charge < -0.3 is 10.4 Å². The summed E-state index contributed by atoms with van der Waals surface area (Å²) >= 11 is 0. The zero-order chi connectivity index (χ0) is 16.5. The molecule has 2 N–H and O–H groups in total. The summed E-state index contributed by atoms with van der Waals surface area (Å²) in [6.07, 6.45) is 0. The number of piperazine rings is 1. The van der Waals surface area contributed by atoms with Crippen LogP contribution in [-0.2, 0) is 11.3 Å². The van der Waals surface area contributed by atoms with Crippen LogP contribution in [0.2, 0.25) is 0 Å². The number of hydrogen-bond donors (Lipinski definition) is 2. The SMILES string of the molecule is Cc1ccc(-c2ccc(CN3CCNCC3)cc2)cc1.O=CO. The number of nitrogens with zero attached hydrogens (tertiary/aromatic N) is 1. The Balaban J connectivity index is 0.000000595. The second kappa shape index (κ2) is 9.08. The minimum absolute atomic E-state index is 0.250. The monoisotopic (exact) mass is 312 g/mol. The van der Waals surface area contributed by atoms with Gasteiger partial charge in [-0.2, -0.15) is 0 Å². The van der Waals surface area contributed by atoms with Crippen LogP contribution in [-0.4, -0.2) is 42.7 Å². The molecule has 1 aliphatic heterocycles. The summed E-state index contributed by atoms with van der Waals surface area (Å²) < 4.78 is 0. The van der Waals surface area contributed by atoms with Crippen molar-refractivity contribution >= 4 is 6.47 Å². The van der Waals surface area contributed by atoms with Crippen molar-refractivity contribution in [1.82, 2.24) is 10.2 Å². The van der Waals surface area contributed by atoms with Gasteiger partial charge in [-0.25, -0.2) is 0 Å². The van der Waals surface area contributed by atoms with E-state index in [1.165, 1.54) is 22.3 Å². The summed E-state index contributed by atoms with van der Waals surface area (Å²) in [5.41, 5.74) is 5.31. The van der Waals surface area contributed by atoms with Crippen LogP contribution < -0.4 is 5.32 Å². The highest BCUT2D eigenvalue weighted by Crippen LogP contribution is 2.20. The van der Waals surface area contributed by atoms with Gasteiger partial charge in [0.25, 0.3) is 6.47 Å². The number of nitrogens with one attached hydrogen (secondary N) is 1. The Hall–Kier alpha value is -2.17. The highest BCUT2D eigenvalue weighted by atomic mass is 16.3. The Morgan fingerprint density at radius 1 is 1.00 bits per heavy atom. The molecule has 0 aromatic heterocycles. The molecule has 0 radical (unpaired) electrons. The predicted octanol–water partition coefficient (Wildman–Crippen LogP) is 2.77. The molecule has 3 rings (SSSR count). The molecule has 1 saturated heterocycles. The molecule has 23 heavy (non-hydrogen) atoms. The van der Waals surface area contributed by atoms with Gasteiger partial charge in [0.15, 0.2) is 0 Å². The molecule has 0 unspecified atom stereocenters. The van der Waals surface area contributed by atoms with Gasteiger partial charge in [0.05, 0.1) is 0 Å². The molecule has 1 aliphatic rings. The summed E-state index contributed by atoms with van der Waals surface area (Å²) in [4.78, 5) is 10.9. The van der Waals surface area contributed by atoms with Crippen LogP contribution in [0.1, 0.15) is 11.1 Å². The van der Waals surface area contributed by atoms with Crippen molar-refractivity contribution < 1.29 is 9.90 Å². The van der Waals surface area contributed by atoms with Gasteiger partial charge in [0.2, 0.25) is 0 Å². The first-order valence-corrected chi connectivity index (χ1v) is 7.90. The lowest BCUT2D eigenvalue weighted by atomic mass is 10.0. The van der Waals surface area contributed by atoms with Crippen molar-refractivity contribution in [2.75, 3.05) is 26.2 Å². The van der Waals surface area contributed by atoms with Crippen molar-refractivity contribution in [3.8, 4) is 11.1 Å². The molecule has 2 aromatic carbocycles. The van der Waals surface area contributed by atoms with E-state index >= 15 is 0 Å². The predicted molar refractivity (Wildman–Crippen MR) is 93.5 cm³/mol. The molecule has 0 saturated carbocycles. The molecule has 0 bridgehead atoms. The Bertz CT molecular complexity index is 588. The lowest BCUT2D eigenvalue weighted by molar-refractivity contribution is -0.122. The molecule has 4 heteroatoms. The maximum absolute atomic E-state index is 8.36. The molecule has 0 atom stereocenters. The average molecular weight is 312 g/mol. The van der Waals surface area contributed by atoms with Crippen molar-refractivity contribution in [3.05, 3.63) is 59.7 Å². The van der Waals surface area contributed by atoms with Crippen LogP contribution in [0.4, 0.5) is 0 Å². The number of hydrogen-bond acceptors (Lipinski definition) is 3. The van der Waals surface area contributed by atoms with Crippen LogP contribution in [0.3, 0.4) is 0 Å². The molecule has 122 valence electrons. The van der Waals surface area contributed by atoms with Gasteiger partial charge in [0, 0.05) is 32.7 Å². The van der Waals surface area contributed by atoms with Crippen molar-refractivity contribution in [3.63, 3.8) is 0 Å². The second-order valence-electron chi connectivity index (χ2n) is 5.69. The van der Waals surface area contributed by atoms with E-state index in [2.05, 4.69) is 65.7 Å². The fraction of sp³-hybridized carbons (Fsp3) is 0.316. The first-order valence-electron chi connectivity index (χ1n) is 7.90. The smallest absolute Gasteiger partial charge is 0.290 e. The quantitative estimate of drug-likeness (QED) is 0.856. The van der Waals surface area contributed by atoms with E-state index in [9.17, 15) is 0 Å². The normalized spacial score (nSPS) is 14.7. The minimum atomic E-state index is -0.250. The maximum Gasteiger partial charge on any atom is 0.290 e. The van der Waals surface area contributed by atoms with E-state index in [0.717, 1.165) is 32.7 Å². The summed E-state index contributed by atoms with van der Waals surface area (Å²) in [6.45, 7) is 7.47. The average Bonchev–Trinajstić information content (AvgIpc) is 2.58. The Labute approximate surface area is 137 Å². The summed E-state index contributed by atoms with van der Waals surface area (Å²) in [6, 6.07) is 17.7. The first kappa shape index (κ1) is 17.2. The Kier molecular flexibility index (Phi) is 6.78. The lowest BCUT2D eigenvalue weighted by Crippen LogP contribution is -2.42. The molecular formula is C19H24N2O2. The molecule has 0 amide bonds. The molecule has 0 aliphatic carbocycles. The van der Waals surface area contributed by atoms with E-state index in [0.29, 0.717) is 0 Å². The molecule has 0 spiro atoms. The Morgan fingerprint density at radius 3 is 2.00 bits per heavy atom. The van der Waals surface area contributed by atoms with Gasteiger partial charge in [-0.05, 0) is 23.6 Å². The van der Waals surface area contributed by atoms with Crippen LogP contribution >= 0.6 is 0 Å². The fourth-order valence-electron chi connectivity index (χ4n) is 2.68. The first-order chi connectivity index (χ1) is 11.2. The summed E-state index contributed by atoms with van der Waals surface area (Å²) in [5.74, 6) is 0. The number of carbonyl (C=O) groups is 1. The highest BCUT2D eigenvalue weighted by Gasteiger charge is 2.09. The van der Waals surface area contributed by atoms with E-state index in [4.69, 9.17) is 9.90 Å². The van der Waals surface area contributed by atoms with Gasteiger partial charge in [-0.1, -0.05) is 54.1 Å². The molecule has 1 heterocycles. The van der Waals surface area contributed by atoms with Crippen LogP contribution in [0.15, 0.2) is 48.5 Å². The summed E-state index contributed by atoms with van der Waals surface area (Å²) in [5, 5.41) is 10.3. The van der Waals surface area contributed by atoms with E-state index in [-0.39, 0.29) is 6.47 Å². The van der Waals surface area contributed by atoms with E-state index in [1.54, 1.807) is 0 Å². The molecule has 4 nitrogen and oxygen atoms in total. The van der Waals surface area contributed by atoms with Crippen molar-refractivity contribution in [2.24, 2.45) is 0 Å². The third-order valence-corrected chi connectivity index (χ3v) is 3.95. The van der Waals surface area contributed by atoms with Gasteiger partial charge in [-0.15, -0.1) is 0 Å². The number of rotatable bonds is 3. The second-order valence-corrected chi connectivity index (χ2v) is 5.69. The summed E-state index contributed by atoms with van der Waals surface area (Å²) in [7, 11) is 0. The molecular weight excluding hydrogens is 288 g/mol. The highest BCUT2D eigenvalue weighted by molar-refractivity contribution is 5.63. The Morgan fingerprint density at radius 2 is 1.48 bits per heavy atom. The van der Waals surface area contributed by atoms with E-state index < -0.39 is 0 Å². The van der Waals surface area contributed by atoms with Crippen LogP contribution in [0.25, 0.3) is 11.1 Å². The van der Waals surface area contributed by atoms with Gasteiger partial charge in [0.1, 0.15) is 0 Å².